The van der Waals surface area contributed by atoms with Crippen LogP contribution in [0.3, 0.4) is 0 Å². The van der Waals surface area contributed by atoms with E-state index in [1.165, 1.54) is 0 Å². The fourth-order valence-electron chi connectivity index (χ4n) is 3.50. The number of ether oxygens (including phenoxy) is 1. The van der Waals surface area contributed by atoms with E-state index >= 15 is 0 Å². The van der Waals surface area contributed by atoms with E-state index in [0.717, 1.165) is 40.7 Å². The molecule has 1 heterocycles. The molecule has 2 aromatic rings. The van der Waals surface area contributed by atoms with Crippen molar-refractivity contribution in [3.63, 3.8) is 0 Å². The molecule has 2 N–H and O–H groups in total. The number of hydrogen-bond acceptors (Lipinski definition) is 4. The average Bonchev–Trinajstić information content (AvgIpc) is 3.11. The maximum atomic E-state index is 10.1. The molecule has 140 valence electrons. The number of rotatable bonds is 7. The molecular formula is C20H23BrClNO3. The summed E-state index contributed by atoms with van der Waals surface area (Å²) < 4.78 is 7.00. The number of benzene rings is 2. The van der Waals surface area contributed by atoms with Crippen molar-refractivity contribution in [2.45, 2.75) is 31.5 Å². The Labute approximate surface area is 167 Å². The highest BCUT2D eigenvalue weighted by Gasteiger charge is 2.32. The number of aliphatic hydroxyl groups excluding tert-OH is 2. The van der Waals surface area contributed by atoms with Crippen molar-refractivity contribution in [1.29, 1.82) is 0 Å². The first-order chi connectivity index (χ1) is 12.6. The van der Waals surface area contributed by atoms with Crippen LogP contribution in [-0.4, -0.2) is 40.9 Å². The molecule has 0 bridgehead atoms. The zero-order valence-electron chi connectivity index (χ0n) is 14.4. The van der Waals surface area contributed by atoms with Gasteiger partial charge in [-0.05, 0) is 55.3 Å². The summed E-state index contributed by atoms with van der Waals surface area (Å²) in [7, 11) is 0. The lowest BCUT2D eigenvalue weighted by Gasteiger charge is -2.32. The summed E-state index contributed by atoms with van der Waals surface area (Å²) >= 11 is 9.45. The third-order valence-corrected chi connectivity index (χ3v) is 5.59. The molecular weight excluding hydrogens is 418 g/mol. The fraction of sp³-hybridized carbons (Fsp3) is 0.400. The van der Waals surface area contributed by atoms with Gasteiger partial charge in [-0.1, -0.05) is 39.7 Å². The van der Waals surface area contributed by atoms with Gasteiger partial charge >= 0.3 is 0 Å². The van der Waals surface area contributed by atoms with Gasteiger partial charge in [0.2, 0.25) is 0 Å². The highest BCUT2D eigenvalue weighted by molar-refractivity contribution is 9.10. The van der Waals surface area contributed by atoms with Crippen molar-refractivity contribution in [1.82, 2.24) is 4.90 Å². The molecule has 26 heavy (non-hydrogen) atoms. The average molecular weight is 441 g/mol. The summed E-state index contributed by atoms with van der Waals surface area (Å²) in [5, 5.41) is 20.4. The first-order valence-corrected chi connectivity index (χ1v) is 9.93. The zero-order valence-corrected chi connectivity index (χ0v) is 16.8. The highest BCUT2D eigenvalue weighted by atomic mass is 79.9. The Kier molecular flexibility index (Phi) is 6.95. The third-order valence-electron chi connectivity index (χ3n) is 4.85. The number of nitrogens with zero attached hydrogens (tertiary/aromatic N) is 1. The summed E-state index contributed by atoms with van der Waals surface area (Å²) in [6.07, 6.45) is 1.97. The number of likely N-dealkylation sites (tertiary alicyclic amines) is 1. The molecule has 1 saturated heterocycles. The fourth-order valence-corrected chi connectivity index (χ4v) is 4.00. The summed E-state index contributed by atoms with van der Waals surface area (Å²) in [6, 6.07) is 13.3. The molecule has 6 heteroatoms. The molecule has 2 aromatic carbocycles. The van der Waals surface area contributed by atoms with Crippen LogP contribution in [0.2, 0.25) is 5.02 Å². The van der Waals surface area contributed by atoms with Crippen LogP contribution in [0, 0.1) is 0 Å². The van der Waals surface area contributed by atoms with Gasteiger partial charge in [0.25, 0.3) is 0 Å². The molecule has 1 fully saturated rings. The normalized spacial score (nSPS) is 18.8. The van der Waals surface area contributed by atoms with Crippen LogP contribution in [0.4, 0.5) is 0 Å². The van der Waals surface area contributed by atoms with Gasteiger partial charge in [-0.15, -0.1) is 0 Å². The predicted molar refractivity (Wildman–Crippen MR) is 107 cm³/mol. The Morgan fingerprint density at radius 1 is 1.19 bits per heavy atom. The second kappa shape index (κ2) is 9.20. The van der Waals surface area contributed by atoms with Crippen LogP contribution in [-0.2, 0) is 6.61 Å². The van der Waals surface area contributed by atoms with Crippen LogP contribution < -0.4 is 4.74 Å². The van der Waals surface area contributed by atoms with E-state index in [4.69, 9.17) is 16.3 Å². The first-order valence-electron chi connectivity index (χ1n) is 8.76. The van der Waals surface area contributed by atoms with Gasteiger partial charge in [-0.3, -0.25) is 4.90 Å². The maximum Gasteiger partial charge on any atom is 0.124 e. The van der Waals surface area contributed by atoms with Gasteiger partial charge in [0.1, 0.15) is 12.4 Å². The van der Waals surface area contributed by atoms with E-state index < -0.39 is 0 Å². The Morgan fingerprint density at radius 3 is 2.65 bits per heavy atom. The SMILES string of the molecule is OCC1CCCN1[C@H](CO)c1cc(Br)ccc1OCc1ccc(Cl)cc1. The monoisotopic (exact) mass is 439 g/mol. The van der Waals surface area contributed by atoms with Crippen molar-refractivity contribution in [2.75, 3.05) is 19.8 Å². The minimum atomic E-state index is -0.202. The van der Waals surface area contributed by atoms with E-state index in [1.54, 1.807) is 0 Å². The molecule has 0 amide bonds. The minimum Gasteiger partial charge on any atom is -0.489 e. The second-order valence-corrected chi connectivity index (χ2v) is 7.86. The van der Waals surface area contributed by atoms with Crippen molar-refractivity contribution in [3.8, 4) is 5.75 Å². The summed E-state index contributed by atoms with van der Waals surface area (Å²) in [4.78, 5) is 2.18. The topological polar surface area (TPSA) is 52.9 Å². The van der Waals surface area contributed by atoms with Crippen molar-refractivity contribution >= 4 is 27.5 Å². The lowest BCUT2D eigenvalue weighted by molar-refractivity contribution is 0.0787. The summed E-state index contributed by atoms with van der Waals surface area (Å²) in [6.45, 7) is 1.36. The van der Waals surface area contributed by atoms with Gasteiger partial charge in [0, 0.05) is 21.1 Å². The van der Waals surface area contributed by atoms with Crippen LogP contribution in [0.5, 0.6) is 5.75 Å². The van der Waals surface area contributed by atoms with Crippen LogP contribution in [0.25, 0.3) is 0 Å². The zero-order chi connectivity index (χ0) is 18.5. The van der Waals surface area contributed by atoms with E-state index in [9.17, 15) is 10.2 Å². The number of aliphatic hydroxyl groups is 2. The first kappa shape index (κ1) is 19.6. The summed E-state index contributed by atoms with van der Waals surface area (Å²) in [5.41, 5.74) is 1.95. The molecule has 4 nitrogen and oxygen atoms in total. The van der Waals surface area contributed by atoms with Crippen LogP contribution in [0.1, 0.15) is 30.0 Å². The Morgan fingerprint density at radius 2 is 1.96 bits per heavy atom. The van der Waals surface area contributed by atoms with E-state index in [1.807, 2.05) is 42.5 Å². The summed E-state index contributed by atoms with van der Waals surface area (Å²) in [5.74, 6) is 0.741. The number of hydrogen-bond donors (Lipinski definition) is 2. The molecule has 1 aliphatic rings. The third kappa shape index (κ3) is 4.59. The van der Waals surface area contributed by atoms with Crippen LogP contribution >= 0.6 is 27.5 Å². The van der Waals surface area contributed by atoms with Gasteiger partial charge in [-0.2, -0.15) is 0 Å². The van der Waals surface area contributed by atoms with E-state index in [0.29, 0.717) is 11.6 Å². The minimum absolute atomic E-state index is 0.0236. The quantitative estimate of drug-likeness (QED) is 0.678. The molecule has 0 aromatic heterocycles. The number of halogens is 2. The van der Waals surface area contributed by atoms with Gasteiger partial charge in [0.15, 0.2) is 0 Å². The molecule has 1 unspecified atom stereocenters. The Bertz CT molecular complexity index is 725. The molecule has 0 saturated carbocycles. The second-order valence-electron chi connectivity index (χ2n) is 6.51. The highest BCUT2D eigenvalue weighted by Crippen LogP contribution is 2.36. The predicted octanol–water partition coefficient (Wildman–Crippen LogP) is 4.17. The molecule has 0 radical (unpaired) electrons. The van der Waals surface area contributed by atoms with Crippen LogP contribution in [0.15, 0.2) is 46.9 Å². The van der Waals surface area contributed by atoms with Gasteiger partial charge in [-0.25, -0.2) is 0 Å². The lowest BCUT2D eigenvalue weighted by Crippen LogP contribution is -2.37. The molecule has 0 aliphatic carbocycles. The smallest absolute Gasteiger partial charge is 0.124 e. The largest absolute Gasteiger partial charge is 0.489 e. The van der Waals surface area contributed by atoms with Crippen molar-refractivity contribution in [2.24, 2.45) is 0 Å². The molecule has 0 spiro atoms. The lowest BCUT2D eigenvalue weighted by atomic mass is 10.0. The molecule has 3 rings (SSSR count). The van der Waals surface area contributed by atoms with Gasteiger partial charge in [0.05, 0.1) is 19.3 Å². The van der Waals surface area contributed by atoms with E-state index in [2.05, 4.69) is 20.8 Å². The van der Waals surface area contributed by atoms with Gasteiger partial charge < -0.3 is 14.9 Å². The van der Waals surface area contributed by atoms with E-state index in [-0.39, 0.29) is 25.3 Å². The Hall–Kier alpha value is -1.11. The standard InChI is InChI=1S/C20H23BrClNO3/c21-15-5-8-20(26-13-14-3-6-16(22)7-4-14)18(10-15)19(12-25)23-9-1-2-17(23)11-24/h3-8,10,17,19,24-25H,1-2,9,11-13H2/t17?,19-/m1/s1. The Balaban J connectivity index is 1.83. The maximum absolute atomic E-state index is 10.1. The molecule has 1 aliphatic heterocycles. The molecule has 2 atom stereocenters. The van der Waals surface area contributed by atoms with Crippen molar-refractivity contribution in [3.05, 3.63) is 63.1 Å². The van der Waals surface area contributed by atoms with Crippen molar-refractivity contribution < 1.29 is 14.9 Å².